The van der Waals surface area contributed by atoms with Gasteiger partial charge in [0.25, 0.3) is 5.56 Å². The summed E-state index contributed by atoms with van der Waals surface area (Å²) in [6.07, 6.45) is 6.60. The fraction of sp³-hybridized carbons (Fsp3) is 0.571. The first-order valence-electron chi connectivity index (χ1n) is 6.99. The molecule has 1 unspecified atom stereocenters. The van der Waals surface area contributed by atoms with Gasteiger partial charge < -0.3 is 10.6 Å². The number of aromatic nitrogens is 2. The van der Waals surface area contributed by atoms with E-state index in [0.29, 0.717) is 19.0 Å². The Morgan fingerprint density at radius 1 is 1.60 bits per heavy atom. The van der Waals surface area contributed by atoms with E-state index in [4.69, 9.17) is 17.3 Å². The quantitative estimate of drug-likeness (QED) is 0.839. The van der Waals surface area contributed by atoms with Crippen LogP contribution in [-0.4, -0.2) is 29.4 Å². The summed E-state index contributed by atoms with van der Waals surface area (Å²) in [5, 5.41) is 4.40. The Kier molecular flexibility index (Phi) is 5.20. The zero-order valence-electron chi connectivity index (χ0n) is 11.6. The first-order valence-corrected chi connectivity index (χ1v) is 7.36. The van der Waals surface area contributed by atoms with Gasteiger partial charge in [0.05, 0.1) is 18.4 Å². The summed E-state index contributed by atoms with van der Waals surface area (Å²) in [7, 11) is 0. The summed E-state index contributed by atoms with van der Waals surface area (Å²) in [4.78, 5) is 14.3. The molecule has 1 fully saturated rings. The highest BCUT2D eigenvalue weighted by Gasteiger charge is 2.22. The molecule has 5 nitrogen and oxygen atoms in total. The predicted molar refractivity (Wildman–Crippen MR) is 82.3 cm³/mol. The lowest BCUT2D eigenvalue weighted by Gasteiger charge is -2.34. The minimum atomic E-state index is -0.259. The average Bonchev–Trinajstić information content (AvgIpc) is 2.45. The van der Waals surface area contributed by atoms with Crippen molar-refractivity contribution in [2.45, 2.75) is 25.8 Å². The first-order chi connectivity index (χ1) is 9.67. The van der Waals surface area contributed by atoms with Crippen LogP contribution in [0.15, 0.2) is 23.6 Å². The van der Waals surface area contributed by atoms with Crippen molar-refractivity contribution in [2.75, 3.05) is 24.5 Å². The van der Waals surface area contributed by atoms with Gasteiger partial charge in [-0.15, -0.1) is 6.58 Å². The van der Waals surface area contributed by atoms with Crippen LogP contribution in [0, 0.1) is 5.92 Å². The van der Waals surface area contributed by atoms with Crippen molar-refractivity contribution in [3.05, 3.63) is 34.2 Å². The van der Waals surface area contributed by atoms with Crippen LogP contribution in [0.3, 0.4) is 0 Å². The second kappa shape index (κ2) is 6.90. The molecule has 0 aliphatic carbocycles. The lowest BCUT2D eigenvalue weighted by atomic mass is 9.94. The van der Waals surface area contributed by atoms with E-state index >= 15 is 0 Å². The largest absolute Gasteiger partial charge is 0.369 e. The summed E-state index contributed by atoms with van der Waals surface area (Å²) >= 11 is 6.22. The fourth-order valence-electron chi connectivity index (χ4n) is 2.68. The number of piperidine rings is 1. The highest BCUT2D eigenvalue weighted by Crippen LogP contribution is 2.27. The van der Waals surface area contributed by atoms with Gasteiger partial charge in [-0.3, -0.25) is 4.79 Å². The third-order valence-corrected chi connectivity index (χ3v) is 4.06. The molecular weight excluding hydrogens is 276 g/mol. The molecule has 110 valence electrons. The normalized spacial score (nSPS) is 19.1. The maximum absolute atomic E-state index is 12.1. The molecule has 0 saturated carbocycles. The van der Waals surface area contributed by atoms with Crippen LogP contribution in [0.25, 0.3) is 0 Å². The van der Waals surface area contributed by atoms with Crippen LogP contribution < -0.4 is 16.2 Å². The number of hydrogen-bond donors (Lipinski definition) is 1. The second-order valence-electron chi connectivity index (χ2n) is 5.15. The van der Waals surface area contributed by atoms with Gasteiger partial charge in [0, 0.05) is 13.1 Å². The van der Waals surface area contributed by atoms with E-state index in [1.165, 1.54) is 11.1 Å². The summed E-state index contributed by atoms with van der Waals surface area (Å²) < 4.78 is 1.32. The van der Waals surface area contributed by atoms with E-state index in [1.54, 1.807) is 12.3 Å². The molecule has 0 radical (unpaired) electrons. The molecule has 6 heteroatoms. The molecule has 0 amide bonds. The summed E-state index contributed by atoms with van der Waals surface area (Å²) in [6, 6.07) is 0. The van der Waals surface area contributed by atoms with Crippen molar-refractivity contribution in [2.24, 2.45) is 11.7 Å². The van der Waals surface area contributed by atoms with E-state index in [0.717, 1.165) is 31.6 Å². The average molecular weight is 297 g/mol. The van der Waals surface area contributed by atoms with Crippen LogP contribution in [0.1, 0.15) is 19.3 Å². The Morgan fingerprint density at radius 2 is 2.40 bits per heavy atom. The highest BCUT2D eigenvalue weighted by atomic mass is 35.5. The summed E-state index contributed by atoms with van der Waals surface area (Å²) in [6.45, 7) is 6.48. The molecule has 2 heterocycles. The number of anilines is 1. The van der Waals surface area contributed by atoms with Crippen LogP contribution in [0.5, 0.6) is 0 Å². The Hall–Kier alpha value is -1.33. The van der Waals surface area contributed by atoms with Crippen molar-refractivity contribution in [1.29, 1.82) is 0 Å². The third-order valence-electron chi connectivity index (χ3n) is 3.70. The Morgan fingerprint density at radius 3 is 3.10 bits per heavy atom. The second-order valence-corrected chi connectivity index (χ2v) is 5.53. The van der Waals surface area contributed by atoms with Gasteiger partial charge in [-0.05, 0) is 31.7 Å². The van der Waals surface area contributed by atoms with E-state index < -0.39 is 0 Å². The third kappa shape index (κ3) is 3.22. The van der Waals surface area contributed by atoms with E-state index in [9.17, 15) is 4.79 Å². The molecule has 0 bridgehead atoms. The van der Waals surface area contributed by atoms with Gasteiger partial charge in [0.15, 0.2) is 0 Å². The van der Waals surface area contributed by atoms with Gasteiger partial charge in [-0.25, -0.2) is 4.68 Å². The van der Waals surface area contributed by atoms with Gasteiger partial charge in [-0.2, -0.15) is 5.10 Å². The fourth-order valence-corrected chi connectivity index (χ4v) is 2.95. The number of nitrogens with two attached hydrogens (primary N) is 1. The van der Waals surface area contributed by atoms with Crippen LogP contribution in [-0.2, 0) is 6.54 Å². The number of nitrogens with zero attached hydrogens (tertiary/aromatic N) is 3. The summed E-state index contributed by atoms with van der Waals surface area (Å²) in [5.41, 5.74) is 6.11. The minimum Gasteiger partial charge on any atom is -0.369 e. The van der Waals surface area contributed by atoms with Crippen molar-refractivity contribution < 1.29 is 0 Å². The monoisotopic (exact) mass is 296 g/mol. The van der Waals surface area contributed by atoms with E-state index in [2.05, 4.69) is 16.6 Å². The molecule has 1 aliphatic rings. The van der Waals surface area contributed by atoms with Crippen molar-refractivity contribution >= 4 is 17.3 Å². The molecule has 1 atom stereocenters. The SMILES string of the molecule is C=CCn1ncc(N2CCCC(CCN)C2)c(Cl)c1=O. The summed E-state index contributed by atoms with van der Waals surface area (Å²) in [5.74, 6) is 0.570. The molecule has 1 saturated heterocycles. The molecule has 0 aromatic carbocycles. The molecule has 2 rings (SSSR count). The maximum atomic E-state index is 12.1. The van der Waals surface area contributed by atoms with Crippen molar-refractivity contribution in [1.82, 2.24) is 9.78 Å². The Balaban J connectivity index is 2.22. The first kappa shape index (κ1) is 15.1. The van der Waals surface area contributed by atoms with Crippen LogP contribution in [0.2, 0.25) is 5.02 Å². The smallest absolute Gasteiger partial charge is 0.287 e. The molecular formula is C14H21ClN4O. The van der Waals surface area contributed by atoms with Crippen molar-refractivity contribution in [3.63, 3.8) is 0 Å². The lowest BCUT2D eigenvalue weighted by molar-refractivity contribution is 0.395. The number of halogens is 1. The minimum absolute atomic E-state index is 0.246. The molecule has 0 spiro atoms. The van der Waals surface area contributed by atoms with Gasteiger partial charge in [0.2, 0.25) is 0 Å². The topological polar surface area (TPSA) is 64.2 Å². The van der Waals surface area contributed by atoms with E-state index in [-0.39, 0.29) is 10.6 Å². The molecule has 2 N–H and O–H groups in total. The van der Waals surface area contributed by atoms with Crippen LogP contribution in [0.4, 0.5) is 5.69 Å². The number of hydrogen-bond acceptors (Lipinski definition) is 4. The van der Waals surface area contributed by atoms with Crippen molar-refractivity contribution in [3.8, 4) is 0 Å². The zero-order chi connectivity index (χ0) is 14.5. The van der Waals surface area contributed by atoms with Gasteiger partial charge in [0.1, 0.15) is 5.02 Å². The molecule has 1 aliphatic heterocycles. The Bertz CT molecular complexity index is 526. The number of allylic oxidation sites excluding steroid dienone is 1. The van der Waals surface area contributed by atoms with Gasteiger partial charge >= 0.3 is 0 Å². The zero-order valence-corrected chi connectivity index (χ0v) is 12.4. The molecule has 1 aromatic rings. The molecule has 1 aromatic heterocycles. The predicted octanol–water partition coefficient (Wildman–Crippen LogP) is 1.65. The van der Waals surface area contributed by atoms with E-state index in [1.807, 2.05) is 0 Å². The number of rotatable bonds is 5. The lowest BCUT2D eigenvalue weighted by Crippen LogP contribution is -2.38. The Labute approximate surface area is 124 Å². The molecule has 20 heavy (non-hydrogen) atoms. The highest BCUT2D eigenvalue weighted by molar-refractivity contribution is 6.33. The maximum Gasteiger partial charge on any atom is 0.287 e. The van der Waals surface area contributed by atoms with Crippen LogP contribution >= 0.6 is 11.6 Å². The standard InChI is InChI=1S/C14H21ClN4O/c1-2-7-19-14(20)13(15)12(9-17-19)18-8-3-4-11(10-18)5-6-16/h2,9,11H,1,3-8,10,16H2. The van der Waals surface area contributed by atoms with Gasteiger partial charge in [-0.1, -0.05) is 17.7 Å².